The lowest BCUT2D eigenvalue weighted by atomic mass is 9.74. The van der Waals surface area contributed by atoms with Crippen LogP contribution >= 0.6 is 0 Å². The monoisotopic (exact) mass is 217 g/mol. The first-order valence-corrected chi connectivity index (χ1v) is 5.47. The fourth-order valence-electron chi connectivity index (χ4n) is 2.50. The maximum absolute atomic E-state index is 13.3. The Balaban J connectivity index is 2.53. The number of nitrogens with zero attached hydrogens (tertiary/aromatic N) is 1. The van der Waals surface area contributed by atoms with E-state index in [9.17, 15) is 13.6 Å². The van der Waals surface area contributed by atoms with Gasteiger partial charge in [0, 0.05) is 5.92 Å². The van der Waals surface area contributed by atoms with Crippen LogP contribution in [0.2, 0.25) is 0 Å². The second kappa shape index (κ2) is 5.36. The second-order valence-electron chi connectivity index (χ2n) is 4.37. The molecule has 0 bridgehead atoms. The second-order valence-corrected chi connectivity index (χ2v) is 4.37. The maximum atomic E-state index is 13.3. The first-order valence-electron chi connectivity index (χ1n) is 5.47. The molecular weight excluding hydrogens is 200 g/mol. The van der Waals surface area contributed by atoms with E-state index in [1.807, 2.05) is 0 Å². The number of hydrogen-bond acceptors (Lipinski definition) is 2. The highest BCUT2D eigenvalue weighted by atomic mass is 19.3. The van der Waals surface area contributed by atoms with Crippen LogP contribution in [0.4, 0.5) is 8.78 Å². The van der Waals surface area contributed by atoms with Crippen molar-refractivity contribution in [2.75, 3.05) is 6.54 Å². The van der Waals surface area contributed by atoms with Gasteiger partial charge in [-0.25, -0.2) is 18.6 Å². The lowest BCUT2D eigenvalue weighted by Crippen LogP contribution is -2.34. The first-order chi connectivity index (χ1) is 7.05. The minimum atomic E-state index is -2.60. The summed E-state index contributed by atoms with van der Waals surface area (Å²) in [5.74, 6) is -3.13. The van der Waals surface area contributed by atoms with Crippen molar-refractivity contribution >= 4 is 6.08 Å². The normalized spacial score (nSPS) is 27.1. The molecule has 1 aliphatic carbocycles. The van der Waals surface area contributed by atoms with Gasteiger partial charge in [0.25, 0.3) is 0 Å². The van der Waals surface area contributed by atoms with E-state index < -0.39 is 11.8 Å². The van der Waals surface area contributed by atoms with Crippen LogP contribution in [0.3, 0.4) is 0 Å². The fourth-order valence-corrected chi connectivity index (χ4v) is 2.50. The number of carbonyl (C=O) groups excluding carboxylic acids is 1. The largest absolute Gasteiger partial charge is 0.248 e. The number of aliphatic imine (C=N–C) groups is 1. The van der Waals surface area contributed by atoms with E-state index in [-0.39, 0.29) is 5.92 Å². The zero-order valence-electron chi connectivity index (χ0n) is 9.01. The van der Waals surface area contributed by atoms with Crippen molar-refractivity contribution in [2.45, 2.75) is 45.0 Å². The molecule has 0 radical (unpaired) electrons. The Labute approximate surface area is 88.8 Å². The summed E-state index contributed by atoms with van der Waals surface area (Å²) in [5, 5.41) is 0. The van der Waals surface area contributed by atoms with Gasteiger partial charge in [0.1, 0.15) is 0 Å². The van der Waals surface area contributed by atoms with Crippen LogP contribution in [0, 0.1) is 11.8 Å². The van der Waals surface area contributed by atoms with Crippen molar-refractivity contribution in [2.24, 2.45) is 16.8 Å². The molecule has 2 unspecified atom stereocenters. The standard InChI is InChI=1S/C11H17F2NO/c1-11(12,13)10-5-3-2-4-9(10)6-7-14-8-15/h9-10H,2-7H2,1H3. The van der Waals surface area contributed by atoms with Gasteiger partial charge in [-0.15, -0.1) is 0 Å². The molecule has 0 saturated heterocycles. The number of rotatable bonds is 4. The Bertz CT molecular complexity index is 243. The third-order valence-corrected chi connectivity index (χ3v) is 3.24. The minimum Gasteiger partial charge on any atom is -0.211 e. The predicted molar refractivity (Wildman–Crippen MR) is 53.7 cm³/mol. The van der Waals surface area contributed by atoms with Gasteiger partial charge in [0.15, 0.2) is 0 Å². The van der Waals surface area contributed by atoms with E-state index in [4.69, 9.17) is 0 Å². The summed E-state index contributed by atoms with van der Waals surface area (Å²) in [4.78, 5) is 13.3. The molecule has 0 N–H and O–H groups in total. The molecule has 1 saturated carbocycles. The SMILES string of the molecule is CC(F)(F)C1CCCCC1CCN=C=O. The Morgan fingerprint density at radius 1 is 1.40 bits per heavy atom. The van der Waals surface area contributed by atoms with Crippen LogP contribution in [0.15, 0.2) is 4.99 Å². The molecule has 0 aliphatic heterocycles. The summed E-state index contributed by atoms with van der Waals surface area (Å²) in [6, 6.07) is 0. The molecule has 1 rings (SSSR count). The summed E-state index contributed by atoms with van der Waals surface area (Å²) < 4.78 is 26.5. The van der Waals surface area contributed by atoms with Crippen LogP contribution < -0.4 is 0 Å². The molecule has 0 heterocycles. The summed E-state index contributed by atoms with van der Waals surface area (Å²) in [6.45, 7) is 1.33. The quantitative estimate of drug-likeness (QED) is 0.525. The highest BCUT2D eigenvalue weighted by molar-refractivity contribution is 5.32. The summed E-state index contributed by atoms with van der Waals surface area (Å²) in [7, 11) is 0. The van der Waals surface area contributed by atoms with Crippen molar-refractivity contribution in [1.29, 1.82) is 0 Å². The molecule has 2 nitrogen and oxygen atoms in total. The van der Waals surface area contributed by atoms with E-state index in [0.29, 0.717) is 19.4 Å². The Morgan fingerprint density at radius 2 is 2.07 bits per heavy atom. The average molecular weight is 217 g/mol. The van der Waals surface area contributed by atoms with E-state index in [1.54, 1.807) is 0 Å². The Hall–Kier alpha value is -0.760. The fraction of sp³-hybridized carbons (Fsp3) is 0.909. The van der Waals surface area contributed by atoms with E-state index in [0.717, 1.165) is 26.2 Å². The topological polar surface area (TPSA) is 29.4 Å². The molecule has 4 heteroatoms. The molecule has 0 spiro atoms. The zero-order chi connectivity index (χ0) is 11.3. The van der Waals surface area contributed by atoms with Gasteiger partial charge in [-0.2, -0.15) is 0 Å². The van der Waals surface area contributed by atoms with Crippen LogP contribution in [0.5, 0.6) is 0 Å². The molecule has 1 aliphatic rings. The van der Waals surface area contributed by atoms with Crippen molar-refractivity contribution in [3.05, 3.63) is 0 Å². The third kappa shape index (κ3) is 3.71. The number of hydrogen-bond donors (Lipinski definition) is 0. The first kappa shape index (κ1) is 12.3. The minimum absolute atomic E-state index is 0.0100. The molecule has 0 aromatic carbocycles. The van der Waals surface area contributed by atoms with Gasteiger partial charge < -0.3 is 0 Å². The molecule has 15 heavy (non-hydrogen) atoms. The number of alkyl halides is 2. The highest BCUT2D eigenvalue weighted by Gasteiger charge is 2.40. The number of isocyanates is 1. The lowest BCUT2D eigenvalue weighted by molar-refractivity contribution is -0.0776. The van der Waals surface area contributed by atoms with E-state index in [2.05, 4.69) is 4.99 Å². The van der Waals surface area contributed by atoms with Gasteiger partial charge in [0.05, 0.1) is 6.54 Å². The van der Waals surface area contributed by atoms with Gasteiger partial charge in [-0.05, 0) is 32.1 Å². The van der Waals surface area contributed by atoms with Gasteiger partial charge >= 0.3 is 0 Å². The van der Waals surface area contributed by atoms with Crippen LogP contribution in [0.25, 0.3) is 0 Å². The lowest BCUT2D eigenvalue weighted by Gasteiger charge is -2.35. The molecule has 2 atom stereocenters. The molecule has 0 amide bonds. The van der Waals surface area contributed by atoms with Crippen molar-refractivity contribution in [1.82, 2.24) is 0 Å². The van der Waals surface area contributed by atoms with Crippen LogP contribution in [0.1, 0.15) is 39.0 Å². The summed E-state index contributed by atoms with van der Waals surface area (Å²) >= 11 is 0. The molecule has 0 aromatic heterocycles. The molecule has 0 aromatic rings. The van der Waals surface area contributed by atoms with Crippen LogP contribution in [-0.2, 0) is 4.79 Å². The van der Waals surface area contributed by atoms with E-state index in [1.165, 1.54) is 6.08 Å². The number of halogens is 2. The Kier molecular flexibility index (Phi) is 4.40. The average Bonchev–Trinajstić information content (AvgIpc) is 2.17. The van der Waals surface area contributed by atoms with Crippen molar-refractivity contribution in [3.8, 4) is 0 Å². The van der Waals surface area contributed by atoms with Gasteiger partial charge in [0.2, 0.25) is 12.0 Å². The summed E-state index contributed by atoms with van der Waals surface area (Å²) in [5.41, 5.74) is 0. The predicted octanol–water partition coefficient (Wildman–Crippen LogP) is 3.17. The molecular formula is C11H17F2NO. The highest BCUT2D eigenvalue weighted by Crippen LogP contribution is 2.41. The van der Waals surface area contributed by atoms with Crippen LogP contribution in [-0.4, -0.2) is 18.5 Å². The van der Waals surface area contributed by atoms with Crippen molar-refractivity contribution in [3.63, 3.8) is 0 Å². The van der Waals surface area contributed by atoms with Gasteiger partial charge in [-0.3, -0.25) is 0 Å². The molecule has 1 fully saturated rings. The maximum Gasteiger partial charge on any atom is 0.248 e. The third-order valence-electron chi connectivity index (χ3n) is 3.24. The van der Waals surface area contributed by atoms with E-state index >= 15 is 0 Å². The summed E-state index contributed by atoms with van der Waals surface area (Å²) in [6.07, 6.45) is 5.37. The smallest absolute Gasteiger partial charge is 0.211 e. The molecule has 86 valence electrons. The van der Waals surface area contributed by atoms with Crippen molar-refractivity contribution < 1.29 is 13.6 Å². The van der Waals surface area contributed by atoms with Gasteiger partial charge in [-0.1, -0.05) is 12.8 Å². The Morgan fingerprint density at radius 3 is 2.67 bits per heavy atom. The zero-order valence-corrected chi connectivity index (χ0v) is 9.01.